The Balaban J connectivity index is 2.27. The summed E-state index contributed by atoms with van der Waals surface area (Å²) in [6, 6.07) is 0.294. The number of aliphatic hydroxyl groups excluding tert-OH is 1. The van der Waals surface area contributed by atoms with Crippen LogP contribution in [0, 0.1) is 0 Å². The van der Waals surface area contributed by atoms with E-state index in [4.69, 9.17) is 0 Å². The van der Waals surface area contributed by atoms with Crippen molar-refractivity contribution < 1.29 is 5.11 Å². The van der Waals surface area contributed by atoms with Crippen LogP contribution in [-0.4, -0.2) is 27.5 Å². The Morgan fingerprint density at radius 2 is 2.33 bits per heavy atom. The lowest BCUT2D eigenvalue weighted by Crippen LogP contribution is -2.23. The third-order valence-corrected chi connectivity index (χ3v) is 2.62. The molecule has 0 radical (unpaired) electrons. The molecule has 0 aromatic carbocycles. The number of hydrogen-bond donors (Lipinski definition) is 2. The summed E-state index contributed by atoms with van der Waals surface area (Å²) < 4.78 is 1.80. The second-order valence-corrected chi connectivity index (χ2v) is 3.97. The van der Waals surface area contributed by atoms with Crippen LogP contribution in [0.2, 0.25) is 0 Å². The summed E-state index contributed by atoms with van der Waals surface area (Å²) >= 11 is 0. The standard InChI is InChI=1S/C11H21N3O/c1-4-11(15)5-6-12-9(2)10-7-13-14(3)8-10/h7-9,11-12,15H,4-6H2,1-3H3. The van der Waals surface area contributed by atoms with Gasteiger partial charge in [0.2, 0.25) is 0 Å². The van der Waals surface area contributed by atoms with Crippen molar-refractivity contribution in [3.63, 3.8) is 0 Å². The van der Waals surface area contributed by atoms with Crippen LogP contribution in [0.1, 0.15) is 38.3 Å². The molecule has 0 aliphatic heterocycles. The molecule has 0 aliphatic carbocycles. The van der Waals surface area contributed by atoms with Crippen molar-refractivity contribution in [2.45, 2.75) is 38.8 Å². The van der Waals surface area contributed by atoms with Crippen molar-refractivity contribution in [1.82, 2.24) is 15.1 Å². The van der Waals surface area contributed by atoms with Gasteiger partial charge in [0.15, 0.2) is 0 Å². The first kappa shape index (κ1) is 12.2. The highest BCUT2D eigenvalue weighted by molar-refractivity contribution is 5.08. The summed E-state index contributed by atoms with van der Waals surface area (Å²) in [4.78, 5) is 0. The average Bonchev–Trinajstić information content (AvgIpc) is 2.64. The minimum Gasteiger partial charge on any atom is -0.393 e. The SMILES string of the molecule is CCC(O)CCNC(C)c1cnn(C)c1. The zero-order valence-corrected chi connectivity index (χ0v) is 9.77. The van der Waals surface area contributed by atoms with Crippen LogP contribution in [0.5, 0.6) is 0 Å². The molecule has 2 atom stereocenters. The lowest BCUT2D eigenvalue weighted by Gasteiger charge is -2.13. The minimum atomic E-state index is -0.182. The number of nitrogens with zero attached hydrogens (tertiary/aromatic N) is 2. The van der Waals surface area contributed by atoms with Crippen molar-refractivity contribution in [3.8, 4) is 0 Å². The van der Waals surface area contributed by atoms with Gasteiger partial charge in [-0.05, 0) is 26.3 Å². The monoisotopic (exact) mass is 211 g/mol. The topological polar surface area (TPSA) is 50.1 Å². The normalized spacial score (nSPS) is 15.2. The lowest BCUT2D eigenvalue weighted by molar-refractivity contribution is 0.159. The van der Waals surface area contributed by atoms with E-state index in [1.165, 1.54) is 5.56 Å². The fourth-order valence-corrected chi connectivity index (χ4v) is 1.45. The number of aromatic nitrogens is 2. The van der Waals surface area contributed by atoms with E-state index >= 15 is 0 Å². The van der Waals surface area contributed by atoms with E-state index in [9.17, 15) is 5.11 Å². The van der Waals surface area contributed by atoms with Gasteiger partial charge in [-0.3, -0.25) is 4.68 Å². The van der Waals surface area contributed by atoms with Crippen molar-refractivity contribution in [2.75, 3.05) is 6.54 Å². The number of aryl methyl sites for hydroxylation is 1. The van der Waals surface area contributed by atoms with E-state index in [1.807, 2.05) is 26.4 Å². The van der Waals surface area contributed by atoms with Gasteiger partial charge in [0.1, 0.15) is 0 Å². The summed E-state index contributed by atoms with van der Waals surface area (Å²) in [7, 11) is 1.91. The highest BCUT2D eigenvalue weighted by Crippen LogP contribution is 2.10. The van der Waals surface area contributed by atoms with Gasteiger partial charge in [-0.25, -0.2) is 0 Å². The van der Waals surface area contributed by atoms with Crippen LogP contribution in [0.4, 0.5) is 0 Å². The quantitative estimate of drug-likeness (QED) is 0.744. The molecule has 0 amide bonds. The number of rotatable bonds is 6. The van der Waals surface area contributed by atoms with E-state index in [2.05, 4.69) is 17.3 Å². The van der Waals surface area contributed by atoms with Gasteiger partial charge < -0.3 is 10.4 Å². The van der Waals surface area contributed by atoms with E-state index in [0.717, 1.165) is 19.4 Å². The highest BCUT2D eigenvalue weighted by Gasteiger charge is 2.07. The number of aliphatic hydroxyl groups is 1. The summed E-state index contributed by atoms with van der Waals surface area (Å²) in [6.45, 7) is 4.94. The minimum absolute atomic E-state index is 0.182. The molecule has 0 fully saturated rings. The number of hydrogen-bond acceptors (Lipinski definition) is 3. The highest BCUT2D eigenvalue weighted by atomic mass is 16.3. The van der Waals surface area contributed by atoms with Crippen LogP contribution in [0.3, 0.4) is 0 Å². The molecule has 1 heterocycles. The first-order chi connectivity index (χ1) is 7.13. The van der Waals surface area contributed by atoms with Gasteiger partial charge >= 0.3 is 0 Å². The Labute approximate surface area is 91.3 Å². The Hall–Kier alpha value is -0.870. The Bertz CT molecular complexity index is 285. The molecule has 15 heavy (non-hydrogen) atoms. The Morgan fingerprint density at radius 3 is 2.87 bits per heavy atom. The third kappa shape index (κ3) is 4.01. The molecule has 0 saturated carbocycles. The van der Waals surface area contributed by atoms with Gasteiger partial charge in [-0.15, -0.1) is 0 Å². The fraction of sp³-hybridized carbons (Fsp3) is 0.727. The number of nitrogens with one attached hydrogen (secondary N) is 1. The maximum atomic E-state index is 9.39. The molecular weight excluding hydrogens is 190 g/mol. The van der Waals surface area contributed by atoms with Gasteiger partial charge in [0, 0.05) is 24.8 Å². The predicted molar refractivity (Wildman–Crippen MR) is 60.5 cm³/mol. The summed E-state index contributed by atoms with van der Waals surface area (Å²) in [6.07, 6.45) is 5.32. The van der Waals surface area contributed by atoms with Gasteiger partial charge in [0.25, 0.3) is 0 Å². The molecule has 0 spiro atoms. The predicted octanol–water partition coefficient (Wildman–Crippen LogP) is 1.23. The largest absolute Gasteiger partial charge is 0.393 e. The molecule has 2 N–H and O–H groups in total. The summed E-state index contributed by atoms with van der Waals surface area (Å²) in [5.41, 5.74) is 1.18. The molecule has 1 aromatic heterocycles. The molecule has 0 bridgehead atoms. The van der Waals surface area contributed by atoms with E-state index in [0.29, 0.717) is 6.04 Å². The smallest absolute Gasteiger partial charge is 0.0549 e. The average molecular weight is 211 g/mol. The van der Waals surface area contributed by atoms with Crippen LogP contribution in [0.25, 0.3) is 0 Å². The maximum absolute atomic E-state index is 9.39. The molecule has 0 aliphatic rings. The van der Waals surface area contributed by atoms with Crippen LogP contribution in [-0.2, 0) is 7.05 Å². The summed E-state index contributed by atoms with van der Waals surface area (Å²) in [5, 5.41) is 16.9. The van der Waals surface area contributed by atoms with Crippen LogP contribution >= 0.6 is 0 Å². The van der Waals surface area contributed by atoms with Crippen molar-refractivity contribution in [1.29, 1.82) is 0 Å². The van der Waals surface area contributed by atoms with Crippen molar-refractivity contribution in [3.05, 3.63) is 18.0 Å². The van der Waals surface area contributed by atoms with E-state index < -0.39 is 0 Å². The second kappa shape index (κ2) is 5.88. The molecule has 1 rings (SSSR count). The third-order valence-electron chi connectivity index (χ3n) is 2.62. The van der Waals surface area contributed by atoms with Gasteiger partial charge in [0.05, 0.1) is 12.3 Å². The molecule has 4 nitrogen and oxygen atoms in total. The summed E-state index contributed by atoms with van der Waals surface area (Å²) in [5.74, 6) is 0. The van der Waals surface area contributed by atoms with E-state index in [-0.39, 0.29) is 6.10 Å². The molecule has 4 heteroatoms. The van der Waals surface area contributed by atoms with Crippen LogP contribution < -0.4 is 5.32 Å². The molecule has 1 aromatic rings. The zero-order chi connectivity index (χ0) is 11.3. The molecular formula is C11H21N3O. The molecule has 0 saturated heterocycles. The maximum Gasteiger partial charge on any atom is 0.0549 e. The Kier molecular flexibility index (Phi) is 4.78. The van der Waals surface area contributed by atoms with Gasteiger partial charge in [-0.1, -0.05) is 6.92 Å². The lowest BCUT2D eigenvalue weighted by atomic mass is 10.1. The first-order valence-electron chi connectivity index (χ1n) is 5.53. The first-order valence-corrected chi connectivity index (χ1v) is 5.53. The van der Waals surface area contributed by atoms with Crippen molar-refractivity contribution >= 4 is 0 Å². The second-order valence-electron chi connectivity index (χ2n) is 3.97. The fourth-order valence-electron chi connectivity index (χ4n) is 1.45. The van der Waals surface area contributed by atoms with E-state index in [1.54, 1.807) is 4.68 Å². The van der Waals surface area contributed by atoms with Crippen LogP contribution in [0.15, 0.2) is 12.4 Å². The Morgan fingerprint density at radius 1 is 1.60 bits per heavy atom. The van der Waals surface area contributed by atoms with Crippen molar-refractivity contribution in [2.24, 2.45) is 7.05 Å². The molecule has 2 unspecified atom stereocenters. The van der Waals surface area contributed by atoms with Gasteiger partial charge in [-0.2, -0.15) is 5.10 Å². The zero-order valence-electron chi connectivity index (χ0n) is 9.77. The molecule has 86 valence electrons.